The van der Waals surface area contributed by atoms with Crippen molar-refractivity contribution in [2.75, 3.05) is 12.0 Å². The van der Waals surface area contributed by atoms with Gasteiger partial charge in [-0.2, -0.15) is 11.8 Å². The summed E-state index contributed by atoms with van der Waals surface area (Å²) in [6.45, 7) is 7.46. The van der Waals surface area contributed by atoms with E-state index in [0.29, 0.717) is 24.3 Å². The molecule has 6 unspecified atom stereocenters. The summed E-state index contributed by atoms with van der Waals surface area (Å²) >= 11 is 1.53. The first kappa shape index (κ1) is 30.4. The van der Waals surface area contributed by atoms with E-state index in [4.69, 9.17) is 5.73 Å². The minimum Gasteiger partial charge on any atom is -0.480 e. The summed E-state index contributed by atoms with van der Waals surface area (Å²) in [5.41, 5.74) is 6.59. The summed E-state index contributed by atoms with van der Waals surface area (Å²) in [5, 5.41) is 17.6. The number of aromatic nitrogens is 2. The van der Waals surface area contributed by atoms with Crippen molar-refractivity contribution in [2.45, 2.75) is 77.5 Å². The number of carbonyl (C=O) groups is 4. The molecule has 0 saturated heterocycles. The standard InChI is InChI=1S/C23H40N6O5S/c1-6-13(3)18(24)21(31)27-16(8-9-35-5)20(30)29-19(14(4)7-2)22(32)28-17(23(33)34)10-15-11-25-12-26-15/h11-14,16-19H,6-10,24H2,1-5H3,(H,25,26)(H,27,31)(H,28,32)(H,29,30)(H,33,34). The summed E-state index contributed by atoms with van der Waals surface area (Å²) in [6.07, 6.45) is 6.46. The fourth-order valence-corrected chi connectivity index (χ4v) is 3.79. The third-order valence-electron chi connectivity index (χ3n) is 6.19. The van der Waals surface area contributed by atoms with Gasteiger partial charge in [-0.3, -0.25) is 14.4 Å². The van der Waals surface area contributed by atoms with Gasteiger partial charge in [-0.1, -0.05) is 40.5 Å². The zero-order valence-corrected chi connectivity index (χ0v) is 22.0. The number of carboxylic acid groups (broad SMARTS) is 1. The number of thioether (sulfide) groups is 1. The molecule has 1 rings (SSSR count). The molecule has 35 heavy (non-hydrogen) atoms. The van der Waals surface area contributed by atoms with Gasteiger partial charge >= 0.3 is 5.97 Å². The Balaban J connectivity index is 2.99. The van der Waals surface area contributed by atoms with Crippen molar-refractivity contribution >= 4 is 35.5 Å². The van der Waals surface area contributed by atoms with Gasteiger partial charge < -0.3 is 31.8 Å². The highest BCUT2D eigenvalue weighted by molar-refractivity contribution is 7.98. The Bertz CT molecular complexity index is 821. The molecule has 11 nitrogen and oxygen atoms in total. The number of nitrogens with one attached hydrogen (secondary N) is 4. The number of nitrogens with two attached hydrogens (primary N) is 1. The number of nitrogens with zero attached hydrogens (tertiary/aromatic N) is 1. The van der Waals surface area contributed by atoms with Gasteiger partial charge in [-0.05, 0) is 30.3 Å². The molecule has 1 aromatic heterocycles. The van der Waals surface area contributed by atoms with Gasteiger partial charge in [0.1, 0.15) is 18.1 Å². The molecule has 0 radical (unpaired) electrons. The lowest BCUT2D eigenvalue weighted by Gasteiger charge is -2.28. The molecular weight excluding hydrogens is 472 g/mol. The van der Waals surface area contributed by atoms with E-state index in [2.05, 4.69) is 25.9 Å². The lowest BCUT2D eigenvalue weighted by atomic mass is 9.96. The third kappa shape index (κ3) is 9.88. The van der Waals surface area contributed by atoms with Crippen LogP contribution in [0.15, 0.2) is 12.5 Å². The monoisotopic (exact) mass is 512 g/mol. The molecule has 6 atom stereocenters. The normalized spacial score (nSPS) is 16.3. The quantitative estimate of drug-likeness (QED) is 0.187. The van der Waals surface area contributed by atoms with E-state index in [-0.39, 0.29) is 18.3 Å². The van der Waals surface area contributed by atoms with Crippen LogP contribution in [0.1, 0.15) is 52.7 Å². The largest absolute Gasteiger partial charge is 0.480 e. The van der Waals surface area contributed by atoms with Gasteiger partial charge in [-0.15, -0.1) is 0 Å². The average molecular weight is 513 g/mol. The maximum atomic E-state index is 13.2. The summed E-state index contributed by atoms with van der Waals surface area (Å²) < 4.78 is 0. The Morgan fingerprint density at radius 3 is 2.17 bits per heavy atom. The van der Waals surface area contributed by atoms with Crippen molar-refractivity contribution in [3.8, 4) is 0 Å². The van der Waals surface area contributed by atoms with E-state index in [1.165, 1.54) is 24.3 Å². The van der Waals surface area contributed by atoms with Crippen molar-refractivity contribution in [1.29, 1.82) is 0 Å². The molecule has 0 saturated carbocycles. The molecule has 12 heteroatoms. The molecule has 1 heterocycles. The van der Waals surface area contributed by atoms with Gasteiger partial charge in [0, 0.05) is 18.3 Å². The fraction of sp³-hybridized carbons (Fsp3) is 0.696. The molecule has 0 fully saturated rings. The number of carbonyl (C=O) groups excluding carboxylic acids is 3. The summed E-state index contributed by atoms with van der Waals surface area (Å²) in [4.78, 5) is 57.3. The number of carboxylic acids is 1. The Labute approximate surface area is 211 Å². The van der Waals surface area contributed by atoms with Crippen molar-refractivity contribution in [3.05, 3.63) is 18.2 Å². The second kappa shape index (κ2) is 15.4. The van der Waals surface area contributed by atoms with Gasteiger partial charge in [0.05, 0.1) is 12.4 Å². The molecule has 0 bridgehead atoms. The number of amides is 3. The number of rotatable bonds is 16. The molecule has 0 aliphatic heterocycles. The minimum absolute atomic E-state index is 0.0160. The van der Waals surface area contributed by atoms with Crippen LogP contribution in [0.25, 0.3) is 0 Å². The number of H-pyrrole nitrogens is 1. The van der Waals surface area contributed by atoms with Gasteiger partial charge in [0.2, 0.25) is 17.7 Å². The molecule has 0 aliphatic carbocycles. The second-order valence-corrected chi connectivity index (χ2v) is 9.79. The number of aliphatic carboxylic acids is 1. The highest BCUT2D eigenvalue weighted by atomic mass is 32.2. The first-order valence-corrected chi connectivity index (χ1v) is 13.3. The van der Waals surface area contributed by atoms with Crippen molar-refractivity contribution in [2.24, 2.45) is 17.6 Å². The molecule has 198 valence electrons. The van der Waals surface area contributed by atoms with Crippen molar-refractivity contribution in [3.63, 3.8) is 0 Å². The number of hydrogen-bond donors (Lipinski definition) is 6. The van der Waals surface area contributed by atoms with Gasteiger partial charge in [0.25, 0.3) is 0 Å². The molecule has 7 N–H and O–H groups in total. The zero-order valence-electron chi connectivity index (χ0n) is 21.2. The van der Waals surface area contributed by atoms with Crippen LogP contribution in [0, 0.1) is 11.8 Å². The van der Waals surface area contributed by atoms with E-state index in [9.17, 15) is 24.3 Å². The molecule has 1 aromatic rings. The zero-order chi connectivity index (χ0) is 26.5. The first-order chi connectivity index (χ1) is 16.5. The lowest BCUT2D eigenvalue weighted by Crippen LogP contribution is -2.59. The second-order valence-electron chi connectivity index (χ2n) is 8.81. The highest BCUT2D eigenvalue weighted by Crippen LogP contribution is 2.12. The average Bonchev–Trinajstić information content (AvgIpc) is 3.35. The van der Waals surface area contributed by atoms with Crippen molar-refractivity contribution < 1.29 is 24.3 Å². The van der Waals surface area contributed by atoms with Crippen LogP contribution in [-0.2, 0) is 25.6 Å². The summed E-state index contributed by atoms with van der Waals surface area (Å²) in [6, 6.07) is -3.80. The topological polar surface area (TPSA) is 179 Å². The van der Waals surface area contributed by atoms with Crippen LogP contribution >= 0.6 is 11.8 Å². The van der Waals surface area contributed by atoms with Crippen LogP contribution in [0.5, 0.6) is 0 Å². The van der Waals surface area contributed by atoms with Crippen molar-refractivity contribution in [1.82, 2.24) is 25.9 Å². The molecular formula is C23H40N6O5S. The Morgan fingerprint density at radius 1 is 1.03 bits per heavy atom. The van der Waals surface area contributed by atoms with Gasteiger partial charge in [0.15, 0.2) is 0 Å². The van der Waals surface area contributed by atoms with Crippen LogP contribution in [-0.4, -0.2) is 74.9 Å². The predicted molar refractivity (Wildman–Crippen MR) is 136 cm³/mol. The van der Waals surface area contributed by atoms with Crippen LogP contribution in [0.4, 0.5) is 0 Å². The number of aromatic amines is 1. The molecule has 0 aromatic carbocycles. The summed E-state index contributed by atoms with van der Waals surface area (Å²) in [7, 11) is 0. The Kier molecular flexibility index (Phi) is 13.4. The summed E-state index contributed by atoms with van der Waals surface area (Å²) in [5.74, 6) is -2.46. The minimum atomic E-state index is -1.20. The van der Waals surface area contributed by atoms with E-state index >= 15 is 0 Å². The SMILES string of the molecule is CCC(C)C(N)C(=O)NC(CCSC)C(=O)NC(C(=O)NC(Cc1cnc[nH]1)C(=O)O)C(C)CC. The predicted octanol–water partition coefficient (Wildman–Crippen LogP) is 0.664. The Morgan fingerprint density at radius 2 is 1.66 bits per heavy atom. The fourth-order valence-electron chi connectivity index (χ4n) is 3.32. The Hall–Kier alpha value is -2.60. The number of imidazole rings is 1. The molecule has 3 amide bonds. The maximum absolute atomic E-state index is 13.2. The third-order valence-corrected chi connectivity index (χ3v) is 6.83. The number of hydrogen-bond acceptors (Lipinski definition) is 7. The maximum Gasteiger partial charge on any atom is 0.326 e. The van der Waals surface area contributed by atoms with Crippen LogP contribution < -0.4 is 21.7 Å². The lowest BCUT2D eigenvalue weighted by molar-refractivity contribution is -0.142. The van der Waals surface area contributed by atoms with Crippen LogP contribution in [0.2, 0.25) is 0 Å². The van der Waals surface area contributed by atoms with Gasteiger partial charge in [-0.25, -0.2) is 9.78 Å². The van der Waals surface area contributed by atoms with E-state index in [1.54, 1.807) is 6.92 Å². The highest BCUT2D eigenvalue weighted by Gasteiger charge is 2.33. The van der Waals surface area contributed by atoms with E-state index in [1.807, 2.05) is 27.0 Å². The van der Waals surface area contributed by atoms with E-state index < -0.39 is 47.9 Å². The van der Waals surface area contributed by atoms with E-state index in [0.717, 1.165) is 6.42 Å². The smallest absolute Gasteiger partial charge is 0.326 e. The molecule has 0 aliphatic rings. The first-order valence-electron chi connectivity index (χ1n) is 11.9. The molecule has 0 spiro atoms. The van der Waals surface area contributed by atoms with Crippen LogP contribution in [0.3, 0.4) is 0 Å².